The number of hydrogen-bond acceptors (Lipinski definition) is 4. The van der Waals surface area contributed by atoms with Gasteiger partial charge in [0.2, 0.25) is 5.91 Å². The first kappa shape index (κ1) is 24.9. The predicted molar refractivity (Wildman–Crippen MR) is 143 cm³/mol. The average molecular weight is 522 g/mol. The van der Waals surface area contributed by atoms with Crippen molar-refractivity contribution in [3.63, 3.8) is 0 Å². The third kappa shape index (κ3) is 5.54. The maximum Gasteiger partial charge on any atom is 0.269 e. The number of carbonyl (C=O) groups excluding carboxylic acids is 2. The Morgan fingerprint density at radius 2 is 1.66 bits per heavy atom. The highest BCUT2D eigenvalue weighted by Gasteiger charge is 2.41. The molecular weight excluding hydrogens is 501 g/mol. The molecule has 0 radical (unpaired) electrons. The van der Waals surface area contributed by atoms with Crippen molar-refractivity contribution in [2.45, 2.75) is 25.5 Å². The number of anilines is 2. The summed E-state index contributed by atoms with van der Waals surface area (Å²) >= 11 is 13.7. The second-order valence-electron chi connectivity index (χ2n) is 8.17. The molecule has 1 N–H and O–H groups in total. The number of halogens is 2. The van der Waals surface area contributed by atoms with Crippen LogP contribution in [0.2, 0.25) is 10.0 Å². The Labute approximate surface area is 218 Å². The minimum Gasteiger partial charge on any atom is -0.321 e. The Morgan fingerprint density at radius 3 is 2.29 bits per heavy atom. The van der Waals surface area contributed by atoms with E-state index in [2.05, 4.69) is 5.32 Å². The number of benzene rings is 3. The Bertz CT molecular complexity index is 1360. The summed E-state index contributed by atoms with van der Waals surface area (Å²) in [4.78, 5) is 28.2. The van der Waals surface area contributed by atoms with Crippen LogP contribution in [0.25, 0.3) is 0 Å². The monoisotopic (exact) mass is 521 g/mol. The highest BCUT2D eigenvalue weighted by Crippen LogP contribution is 2.42. The summed E-state index contributed by atoms with van der Waals surface area (Å²) in [5.74, 6) is -0.814. The fraction of sp³-hybridized carbons (Fsp3) is 0.148. The topological polar surface area (TPSA) is 73.2 Å². The highest BCUT2D eigenvalue weighted by molar-refractivity contribution is 8.05. The molecule has 1 aliphatic heterocycles. The molecule has 0 bridgehead atoms. The molecule has 35 heavy (non-hydrogen) atoms. The molecule has 176 valence electrons. The van der Waals surface area contributed by atoms with Gasteiger partial charge in [-0.25, -0.2) is 0 Å². The number of thioether (sulfide) groups is 1. The summed E-state index contributed by atoms with van der Waals surface area (Å²) in [6.45, 7) is 3.89. The third-order valence-electron chi connectivity index (χ3n) is 5.52. The van der Waals surface area contributed by atoms with Crippen molar-refractivity contribution in [2.75, 3.05) is 10.2 Å². The van der Waals surface area contributed by atoms with Gasteiger partial charge in [0.1, 0.15) is 16.7 Å². The lowest BCUT2D eigenvalue weighted by atomic mass is 10.1. The van der Waals surface area contributed by atoms with Crippen LogP contribution in [-0.2, 0) is 16.0 Å². The first-order valence-electron chi connectivity index (χ1n) is 10.8. The van der Waals surface area contributed by atoms with Gasteiger partial charge in [-0.1, -0.05) is 70.4 Å². The van der Waals surface area contributed by atoms with Crippen LogP contribution in [0.1, 0.15) is 16.7 Å². The number of carbonyl (C=O) groups is 2. The molecule has 0 aromatic heterocycles. The van der Waals surface area contributed by atoms with Crippen molar-refractivity contribution in [3.05, 3.63) is 104 Å². The molecule has 1 atom stereocenters. The molecule has 0 spiro atoms. The molecule has 1 aliphatic rings. The van der Waals surface area contributed by atoms with E-state index in [0.717, 1.165) is 16.7 Å². The number of nitrogens with zero attached hydrogens (tertiary/aromatic N) is 2. The third-order valence-corrected chi connectivity index (χ3v) is 7.39. The molecule has 5 nitrogen and oxygen atoms in total. The Balaban J connectivity index is 1.73. The van der Waals surface area contributed by atoms with E-state index >= 15 is 0 Å². The maximum atomic E-state index is 13.6. The second-order valence-corrected chi connectivity index (χ2v) is 10.2. The normalized spacial score (nSPS) is 16.7. The number of nitriles is 1. The van der Waals surface area contributed by atoms with Crippen LogP contribution in [0.3, 0.4) is 0 Å². The zero-order valence-corrected chi connectivity index (χ0v) is 21.3. The van der Waals surface area contributed by atoms with E-state index in [1.54, 1.807) is 42.5 Å². The largest absolute Gasteiger partial charge is 0.321 e. The van der Waals surface area contributed by atoms with Gasteiger partial charge in [-0.15, -0.1) is 0 Å². The first-order valence-corrected chi connectivity index (χ1v) is 12.4. The van der Waals surface area contributed by atoms with Gasteiger partial charge >= 0.3 is 0 Å². The fourth-order valence-corrected chi connectivity index (χ4v) is 5.33. The zero-order valence-electron chi connectivity index (χ0n) is 19.0. The molecule has 3 aromatic carbocycles. The molecule has 4 rings (SSSR count). The molecule has 0 aliphatic carbocycles. The van der Waals surface area contributed by atoms with Crippen LogP contribution in [0, 0.1) is 25.2 Å². The summed E-state index contributed by atoms with van der Waals surface area (Å²) in [5.41, 5.74) is 3.80. The minimum atomic E-state index is -0.585. The summed E-state index contributed by atoms with van der Waals surface area (Å²) in [6, 6.07) is 21.7. The lowest BCUT2D eigenvalue weighted by molar-refractivity contribution is -0.117. The van der Waals surface area contributed by atoms with Gasteiger partial charge in [-0.05, 0) is 68.3 Å². The smallest absolute Gasteiger partial charge is 0.269 e. The molecule has 8 heteroatoms. The van der Waals surface area contributed by atoms with E-state index in [0.29, 0.717) is 27.8 Å². The second kappa shape index (κ2) is 10.6. The minimum absolute atomic E-state index is 0.135. The zero-order chi connectivity index (χ0) is 25.1. The number of amides is 2. The van der Waals surface area contributed by atoms with Gasteiger partial charge in [0.25, 0.3) is 5.91 Å². The summed E-state index contributed by atoms with van der Waals surface area (Å²) in [6.07, 6.45) is 0.299. The van der Waals surface area contributed by atoms with Gasteiger partial charge in [0, 0.05) is 21.4 Å². The van der Waals surface area contributed by atoms with E-state index in [1.807, 2.05) is 44.2 Å². The van der Waals surface area contributed by atoms with E-state index in [4.69, 9.17) is 23.2 Å². The average Bonchev–Trinajstić information content (AvgIpc) is 3.14. The highest BCUT2D eigenvalue weighted by atomic mass is 35.5. The first-order chi connectivity index (χ1) is 16.8. The quantitative estimate of drug-likeness (QED) is 0.300. The maximum absolute atomic E-state index is 13.6. The van der Waals surface area contributed by atoms with Crippen LogP contribution in [0.4, 0.5) is 11.4 Å². The van der Waals surface area contributed by atoms with Gasteiger partial charge < -0.3 is 5.32 Å². The van der Waals surface area contributed by atoms with Crippen molar-refractivity contribution in [1.29, 1.82) is 5.26 Å². The van der Waals surface area contributed by atoms with E-state index in [1.165, 1.54) is 16.7 Å². The van der Waals surface area contributed by atoms with Gasteiger partial charge in [-0.3, -0.25) is 14.5 Å². The summed E-state index contributed by atoms with van der Waals surface area (Å²) in [5, 5.41) is 13.5. The standard InChI is InChI=1S/C27H21Cl2N3O2S/c1-16-3-8-20(9-4-16)31-25(33)22(15-30)27-32(21-10-5-17(2)6-11-21)26(34)24(35-27)14-18-13-19(28)7-12-23(18)29/h3-13,24H,14H2,1-2H3,(H,31,33)/b27-22-/t24-/m1/s1. The molecule has 3 aromatic rings. The van der Waals surface area contributed by atoms with Crippen LogP contribution in [0.15, 0.2) is 77.3 Å². The van der Waals surface area contributed by atoms with Crippen LogP contribution in [0.5, 0.6) is 0 Å². The van der Waals surface area contributed by atoms with Gasteiger partial charge in [0.05, 0.1) is 5.25 Å². The van der Waals surface area contributed by atoms with Crippen molar-refractivity contribution >= 4 is 58.2 Å². The van der Waals surface area contributed by atoms with E-state index in [9.17, 15) is 14.9 Å². The predicted octanol–water partition coefficient (Wildman–Crippen LogP) is 6.68. The molecule has 0 unspecified atom stereocenters. The van der Waals surface area contributed by atoms with Crippen molar-refractivity contribution in [3.8, 4) is 6.07 Å². The van der Waals surface area contributed by atoms with Crippen LogP contribution >= 0.6 is 35.0 Å². The number of nitrogens with one attached hydrogen (secondary N) is 1. The van der Waals surface area contributed by atoms with Crippen molar-refractivity contribution < 1.29 is 9.59 Å². The van der Waals surface area contributed by atoms with E-state index in [-0.39, 0.29) is 16.5 Å². The molecule has 2 amide bonds. The van der Waals surface area contributed by atoms with Crippen molar-refractivity contribution in [1.82, 2.24) is 0 Å². The summed E-state index contributed by atoms with van der Waals surface area (Å²) < 4.78 is 0. The van der Waals surface area contributed by atoms with Gasteiger partial charge in [-0.2, -0.15) is 5.26 Å². The number of hydrogen-bond donors (Lipinski definition) is 1. The molecule has 1 fully saturated rings. The fourth-order valence-electron chi connectivity index (χ4n) is 3.65. The van der Waals surface area contributed by atoms with E-state index < -0.39 is 11.2 Å². The lowest BCUT2D eigenvalue weighted by Crippen LogP contribution is -2.31. The Kier molecular flexibility index (Phi) is 7.51. The van der Waals surface area contributed by atoms with Crippen molar-refractivity contribution in [2.24, 2.45) is 0 Å². The Hall–Kier alpha value is -3.24. The molecular formula is C27H21Cl2N3O2S. The Morgan fingerprint density at radius 1 is 1.03 bits per heavy atom. The summed E-state index contributed by atoms with van der Waals surface area (Å²) in [7, 11) is 0. The molecule has 1 saturated heterocycles. The molecule has 0 saturated carbocycles. The van der Waals surface area contributed by atoms with Gasteiger partial charge in [0.15, 0.2) is 0 Å². The lowest BCUT2D eigenvalue weighted by Gasteiger charge is -2.19. The number of aryl methyl sites for hydroxylation is 2. The van der Waals surface area contributed by atoms with Crippen LogP contribution in [-0.4, -0.2) is 17.1 Å². The molecule has 1 heterocycles. The van der Waals surface area contributed by atoms with Crippen LogP contribution < -0.4 is 10.2 Å². The SMILES string of the molecule is Cc1ccc(NC(=O)/C(C#N)=C2\S[C@H](Cc3cc(Cl)ccc3Cl)C(=O)N2c2ccc(C)cc2)cc1. The number of rotatable bonds is 5.